The molecule has 0 saturated carbocycles. The number of ether oxygens (including phenoxy) is 2. The second kappa shape index (κ2) is 8.54. The molecule has 0 bridgehead atoms. The van der Waals surface area contributed by atoms with E-state index in [1.54, 1.807) is 71.2 Å². The van der Waals surface area contributed by atoms with Crippen LogP contribution in [0.25, 0.3) is 0 Å². The summed E-state index contributed by atoms with van der Waals surface area (Å²) in [4.78, 5) is 12.6. The van der Waals surface area contributed by atoms with Gasteiger partial charge in [-0.2, -0.15) is 4.72 Å². The smallest absolute Gasteiger partial charge is 0.328 e. The standard InChI is InChI=1S/C20H25NO5S/c1-6-26-20(22)18(16-10-8-7-9-11-16)21-27(23,24)19-13(2)12-17(25-5)14(3)15(19)4/h7-12,18,21H,6H2,1-5H3. The molecule has 0 aliphatic rings. The van der Waals surface area contributed by atoms with E-state index in [-0.39, 0.29) is 11.5 Å². The van der Waals surface area contributed by atoms with Gasteiger partial charge in [0.25, 0.3) is 0 Å². The molecule has 7 heteroatoms. The molecule has 0 spiro atoms. The normalized spacial score (nSPS) is 12.5. The Kier molecular flexibility index (Phi) is 6.62. The van der Waals surface area contributed by atoms with Crippen LogP contribution in [0.1, 0.15) is 35.2 Å². The Morgan fingerprint density at radius 1 is 1.11 bits per heavy atom. The third kappa shape index (κ3) is 4.48. The molecule has 0 fully saturated rings. The van der Waals surface area contributed by atoms with E-state index in [4.69, 9.17) is 9.47 Å². The zero-order chi connectivity index (χ0) is 20.2. The lowest BCUT2D eigenvalue weighted by Gasteiger charge is -2.21. The van der Waals surface area contributed by atoms with E-state index in [1.165, 1.54) is 0 Å². The minimum absolute atomic E-state index is 0.144. The number of nitrogens with one attached hydrogen (secondary N) is 1. The fraction of sp³-hybridized carbons (Fsp3) is 0.350. The first-order valence-corrected chi connectivity index (χ1v) is 10.1. The molecule has 1 atom stereocenters. The summed E-state index contributed by atoms with van der Waals surface area (Å²) in [6.45, 7) is 7.05. The van der Waals surface area contributed by atoms with Crippen LogP contribution in [-0.2, 0) is 19.6 Å². The van der Waals surface area contributed by atoms with Crippen LogP contribution in [-0.4, -0.2) is 28.1 Å². The number of methoxy groups -OCH3 is 1. The number of carbonyl (C=O) groups is 1. The largest absolute Gasteiger partial charge is 0.496 e. The van der Waals surface area contributed by atoms with Crippen molar-refractivity contribution < 1.29 is 22.7 Å². The number of hydrogen-bond acceptors (Lipinski definition) is 5. The summed E-state index contributed by atoms with van der Waals surface area (Å²) in [7, 11) is -2.44. The topological polar surface area (TPSA) is 81.7 Å². The number of esters is 1. The van der Waals surface area contributed by atoms with Crippen molar-refractivity contribution in [3.05, 3.63) is 58.7 Å². The molecule has 1 N–H and O–H groups in total. The molecule has 2 aromatic rings. The molecule has 0 aromatic heterocycles. The van der Waals surface area contributed by atoms with Gasteiger partial charge in [-0.05, 0) is 56.0 Å². The molecule has 0 heterocycles. The van der Waals surface area contributed by atoms with E-state index < -0.39 is 22.0 Å². The van der Waals surface area contributed by atoms with Crippen LogP contribution in [0.4, 0.5) is 0 Å². The number of benzene rings is 2. The number of sulfonamides is 1. The second-order valence-electron chi connectivity index (χ2n) is 6.19. The molecule has 0 aliphatic carbocycles. The fourth-order valence-electron chi connectivity index (χ4n) is 2.98. The minimum atomic E-state index is -3.99. The van der Waals surface area contributed by atoms with Gasteiger partial charge >= 0.3 is 5.97 Å². The molecule has 27 heavy (non-hydrogen) atoms. The molecule has 2 rings (SSSR count). The van der Waals surface area contributed by atoms with Gasteiger partial charge in [0.2, 0.25) is 10.0 Å². The van der Waals surface area contributed by atoms with Crippen molar-refractivity contribution in [1.82, 2.24) is 4.72 Å². The fourth-order valence-corrected chi connectivity index (χ4v) is 4.68. The first kappa shape index (κ1) is 20.9. The van der Waals surface area contributed by atoms with Gasteiger partial charge in [0, 0.05) is 0 Å². The van der Waals surface area contributed by atoms with Gasteiger partial charge in [0.15, 0.2) is 0 Å². The third-order valence-electron chi connectivity index (χ3n) is 4.40. The highest BCUT2D eigenvalue weighted by atomic mass is 32.2. The average Bonchev–Trinajstić information content (AvgIpc) is 2.63. The molecule has 6 nitrogen and oxygen atoms in total. The lowest BCUT2D eigenvalue weighted by Crippen LogP contribution is -2.35. The highest BCUT2D eigenvalue weighted by molar-refractivity contribution is 7.89. The quantitative estimate of drug-likeness (QED) is 0.733. The van der Waals surface area contributed by atoms with Crippen LogP contribution >= 0.6 is 0 Å². The van der Waals surface area contributed by atoms with E-state index in [1.807, 2.05) is 0 Å². The van der Waals surface area contributed by atoms with E-state index >= 15 is 0 Å². The summed E-state index contributed by atoms with van der Waals surface area (Å²) >= 11 is 0. The number of rotatable bonds is 7. The van der Waals surface area contributed by atoms with E-state index in [0.29, 0.717) is 22.4 Å². The Morgan fingerprint density at radius 2 is 1.74 bits per heavy atom. The van der Waals surface area contributed by atoms with Crippen molar-refractivity contribution in [3.8, 4) is 5.75 Å². The van der Waals surface area contributed by atoms with Gasteiger partial charge < -0.3 is 9.47 Å². The monoisotopic (exact) mass is 391 g/mol. The zero-order valence-electron chi connectivity index (χ0n) is 16.2. The number of aryl methyl sites for hydroxylation is 1. The first-order chi connectivity index (χ1) is 12.7. The summed E-state index contributed by atoms with van der Waals surface area (Å²) in [5.74, 6) is -0.0261. The van der Waals surface area contributed by atoms with E-state index in [2.05, 4.69) is 4.72 Å². The molecule has 0 aliphatic heterocycles. The molecular formula is C20H25NO5S. The molecule has 1 unspecified atom stereocenters. The Bertz CT molecular complexity index is 923. The summed E-state index contributed by atoms with van der Waals surface area (Å²) in [6, 6.07) is 9.19. The van der Waals surface area contributed by atoms with Gasteiger partial charge in [0.1, 0.15) is 11.8 Å². The number of carbonyl (C=O) groups excluding carboxylic acids is 1. The van der Waals surface area contributed by atoms with Crippen molar-refractivity contribution >= 4 is 16.0 Å². The maximum atomic E-state index is 13.2. The predicted octanol–water partition coefficient (Wildman–Crippen LogP) is 3.20. The van der Waals surface area contributed by atoms with Gasteiger partial charge in [-0.25, -0.2) is 13.2 Å². The van der Waals surface area contributed by atoms with Crippen LogP contribution in [0.15, 0.2) is 41.3 Å². The second-order valence-corrected chi connectivity index (χ2v) is 7.84. The molecule has 0 radical (unpaired) electrons. The maximum Gasteiger partial charge on any atom is 0.328 e. The predicted molar refractivity (Wildman–Crippen MR) is 103 cm³/mol. The minimum Gasteiger partial charge on any atom is -0.496 e. The molecule has 0 saturated heterocycles. The van der Waals surface area contributed by atoms with Crippen molar-refractivity contribution in [2.45, 2.75) is 38.6 Å². The van der Waals surface area contributed by atoms with Crippen LogP contribution in [0, 0.1) is 20.8 Å². The molecule has 146 valence electrons. The summed E-state index contributed by atoms with van der Waals surface area (Å²) in [6.07, 6.45) is 0. The van der Waals surface area contributed by atoms with E-state index in [9.17, 15) is 13.2 Å². The first-order valence-electron chi connectivity index (χ1n) is 8.61. The summed E-state index contributed by atoms with van der Waals surface area (Å²) < 4.78 is 39.2. The van der Waals surface area contributed by atoms with Crippen LogP contribution in [0.3, 0.4) is 0 Å². The Balaban J connectivity index is 2.52. The van der Waals surface area contributed by atoms with Crippen molar-refractivity contribution in [2.24, 2.45) is 0 Å². The van der Waals surface area contributed by atoms with Crippen LogP contribution < -0.4 is 9.46 Å². The summed E-state index contributed by atoms with van der Waals surface area (Å²) in [5, 5.41) is 0. The SMILES string of the molecule is CCOC(=O)C(NS(=O)(=O)c1c(C)cc(OC)c(C)c1C)c1ccccc1. The van der Waals surface area contributed by atoms with Gasteiger partial charge in [-0.15, -0.1) is 0 Å². The van der Waals surface area contributed by atoms with Crippen molar-refractivity contribution in [2.75, 3.05) is 13.7 Å². The Labute approximate surface area is 160 Å². The highest BCUT2D eigenvalue weighted by Gasteiger charge is 2.31. The van der Waals surface area contributed by atoms with Crippen molar-refractivity contribution in [3.63, 3.8) is 0 Å². The van der Waals surface area contributed by atoms with Crippen LogP contribution in [0.2, 0.25) is 0 Å². The van der Waals surface area contributed by atoms with Gasteiger partial charge in [-0.1, -0.05) is 30.3 Å². The van der Waals surface area contributed by atoms with Crippen LogP contribution in [0.5, 0.6) is 5.75 Å². The van der Waals surface area contributed by atoms with Crippen molar-refractivity contribution in [1.29, 1.82) is 0 Å². The van der Waals surface area contributed by atoms with E-state index in [0.717, 1.165) is 5.56 Å². The van der Waals surface area contributed by atoms with Gasteiger partial charge in [0.05, 0.1) is 18.6 Å². The average molecular weight is 391 g/mol. The zero-order valence-corrected chi connectivity index (χ0v) is 17.0. The Hall–Kier alpha value is -2.38. The lowest BCUT2D eigenvalue weighted by molar-refractivity contribution is -0.145. The molecule has 2 aromatic carbocycles. The summed E-state index contributed by atoms with van der Waals surface area (Å²) in [5.41, 5.74) is 2.36. The molecular weight excluding hydrogens is 366 g/mol. The van der Waals surface area contributed by atoms with Gasteiger partial charge in [-0.3, -0.25) is 0 Å². The third-order valence-corrected chi connectivity index (χ3v) is 6.11. The Morgan fingerprint density at radius 3 is 2.30 bits per heavy atom. The molecule has 0 amide bonds. The number of hydrogen-bond donors (Lipinski definition) is 1. The highest BCUT2D eigenvalue weighted by Crippen LogP contribution is 2.31. The maximum absolute atomic E-state index is 13.2. The lowest BCUT2D eigenvalue weighted by atomic mass is 10.1.